The van der Waals surface area contributed by atoms with Gasteiger partial charge in [0.15, 0.2) is 0 Å². The molecule has 1 aromatic heterocycles. The lowest BCUT2D eigenvalue weighted by Gasteiger charge is -2.11. The lowest BCUT2D eigenvalue weighted by atomic mass is 10.0. The number of hydrogen-bond donors (Lipinski definition) is 3. The van der Waals surface area contributed by atoms with Crippen LogP contribution in [0.2, 0.25) is 5.02 Å². The van der Waals surface area contributed by atoms with Gasteiger partial charge in [-0.2, -0.15) is 0 Å². The Balaban J connectivity index is 2.93. The van der Waals surface area contributed by atoms with Crippen LogP contribution in [0.3, 0.4) is 0 Å². The second-order valence-corrected chi connectivity index (χ2v) is 5.16. The summed E-state index contributed by atoms with van der Waals surface area (Å²) < 4.78 is 28.2. The number of aryl methyl sites for hydroxylation is 1. The van der Waals surface area contributed by atoms with Gasteiger partial charge >= 0.3 is 5.69 Å². The van der Waals surface area contributed by atoms with Gasteiger partial charge in [-0.25, -0.2) is 8.78 Å². The number of likely N-dealkylation sites (N-methyl/N-ethyl adjacent to an activating group) is 1. The van der Waals surface area contributed by atoms with Crippen molar-refractivity contribution >= 4 is 28.8 Å². The number of hydrogen-bond acceptors (Lipinski definition) is 3. The number of rotatable bonds is 3. The number of carbonyl (C=O) groups is 1. The SMILES string of the molecule is CNC(=O)/C(=C(/O)c1c(C)[nH]cc[n+]1=O)c1c(F)ccc(F)c1Cl. The van der Waals surface area contributed by atoms with Crippen LogP contribution in [-0.4, -0.2) is 23.0 Å². The summed E-state index contributed by atoms with van der Waals surface area (Å²) in [6, 6.07) is 1.55. The minimum atomic E-state index is -1.03. The molecule has 0 saturated carbocycles. The molecule has 126 valence electrons. The van der Waals surface area contributed by atoms with E-state index in [1.165, 1.54) is 20.2 Å². The molecule has 0 fully saturated rings. The van der Waals surface area contributed by atoms with Crippen molar-refractivity contribution in [1.29, 1.82) is 0 Å². The molecule has 0 radical (unpaired) electrons. The van der Waals surface area contributed by atoms with Crippen LogP contribution in [0.25, 0.3) is 11.3 Å². The van der Waals surface area contributed by atoms with Gasteiger partial charge in [-0.3, -0.25) is 4.79 Å². The van der Waals surface area contributed by atoms with E-state index in [1.807, 2.05) is 0 Å². The normalized spacial score (nSPS) is 11.9. The first-order chi connectivity index (χ1) is 11.3. The zero-order valence-electron chi connectivity index (χ0n) is 12.7. The second kappa shape index (κ2) is 6.79. The first kappa shape index (κ1) is 17.6. The highest BCUT2D eigenvalue weighted by molar-refractivity contribution is 6.36. The largest absolute Gasteiger partial charge is 0.502 e. The third-order valence-corrected chi connectivity index (χ3v) is 3.66. The molecule has 2 aromatic rings. The molecule has 1 heterocycles. The number of aromatic amines is 1. The van der Waals surface area contributed by atoms with Crippen LogP contribution < -0.4 is 9.74 Å². The van der Waals surface area contributed by atoms with Gasteiger partial charge in [-0.15, -0.1) is 0 Å². The Morgan fingerprint density at radius 1 is 1.33 bits per heavy atom. The number of nitrogens with zero attached hydrogens (tertiary/aromatic N) is 1. The van der Waals surface area contributed by atoms with Gasteiger partial charge in [-0.1, -0.05) is 11.6 Å². The third-order valence-electron chi connectivity index (χ3n) is 3.29. The molecule has 3 N–H and O–H groups in total. The number of halogens is 3. The summed E-state index contributed by atoms with van der Waals surface area (Å²) in [6.07, 6.45) is 2.36. The Labute approximate surface area is 140 Å². The molecule has 2 rings (SSSR count). The fraction of sp³-hybridized carbons (Fsp3) is 0.133. The Morgan fingerprint density at radius 3 is 2.54 bits per heavy atom. The van der Waals surface area contributed by atoms with Crippen molar-refractivity contribution in [2.45, 2.75) is 6.92 Å². The Bertz CT molecular complexity index is 909. The Kier molecular flexibility index (Phi) is 4.99. The zero-order chi connectivity index (χ0) is 18.0. The van der Waals surface area contributed by atoms with E-state index >= 15 is 0 Å². The van der Waals surface area contributed by atoms with Crippen molar-refractivity contribution in [3.63, 3.8) is 0 Å². The van der Waals surface area contributed by atoms with Crippen molar-refractivity contribution < 1.29 is 23.1 Å². The number of amides is 1. The number of aromatic nitrogens is 2. The molecule has 24 heavy (non-hydrogen) atoms. The van der Waals surface area contributed by atoms with Crippen LogP contribution in [0.5, 0.6) is 0 Å². The second-order valence-electron chi connectivity index (χ2n) is 4.78. The quantitative estimate of drug-likeness (QED) is 0.341. The summed E-state index contributed by atoms with van der Waals surface area (Å²) in [6.45, 7) is 1.46. The molecule has 0 aliphatic heterocycles. The maximum absolute atomic E-state index is 14.2. The highest BCUT2D eigenvalue weighted by Gasteiger charge is 2.30. The number of H-pyrrole nitrogens is 1. The molecule has 0 spiro atoms. The summed E-state index contributed by atoms with van der Waals surface area (Å²) in [7, 11) is 1.23. The van der Waals surface area contributed by atoms with E-state index in [0.29, 0.717) is 0 Å². The van der Waals surface area contributed by atoms with Crippen molar-refractivity contribution in [3.05, 3.63) is 63.0 Å². The van der Waals surface area contributed by atoms with Crippen LogP contribution in [0.1, 0.15) is 17.0 Å². The molecular weight excluding hydrogens is 344 g/mol. The predicted molar refractivity (Wildman–Crippen MR) is 83.8 cm³/mol. The molecule has 1 amide bonds. The molecule has 0 aliphatic rings. The van der Waals surface area contributed by atoms with Gasteiger partial charge < -0.3 is 15.4 Å². The number of benzene rings is 1. The highest BCUT2D eigenvalue weighted by Crippen LogP contribution is 2.33. The van der Waals surface area contributed by atoms with E-state index in [2.05, 4.69) is 10.3 Å². The van der Waals surface area contributed by atoms with Gasteiger partial charge in [-0.05, 0) is 19.1 Å². The van der Waals surface area contributed by atoms with Crippen molar-refractivity contribution in [2.24, 2.45) is 0 Å². The molecule has 0 unspecified atom stereocenters. The molecule has 6 nitrogen and oxygen atoms in total. The van der Waals surface area contributed by atoms with Crippen LogP contribution in [-0.2, 0) is 4.79 Å². The van der Waals surface area contributed by atoms with Crippen LogP contribution >= 0.6 is 11.6 Å². The summed E-state index contributed by atoms with van der Waals surface area (Å²) in [5, 5.41) is 12.0. The lowest BCUT2D eigenvalue weighted by Crippen LogP contribution is -2.26. The predicted octanol–water partition coefficient (Wildman–Crippen LogP) is 2.34. The fourth-order valence-electron chi connectivity index (χ4n) is 2.16. The van der Waals surface area contributed by atoms with Crippen molar-refractivity contribution in [2.75, 3.05) is 7.05 Å². The van der Waals surface area contributed by atoms with Gasteiger partial charge in [0, 0.05) is 17.5 Å². The van der Waals surface area contributed by atoms with Crippen LogP contribution in [0.15, 0.2) is 24.5 Å². The first-order valence-corrected chi connectivity index (χ1v) is 7.07. The summed E-state index contributed by atoms with van der Waals surface area (Å²) in [5.74, 6) is -3.79. The van der Waals surface area contributed by atoms with E-state index in [4.69, 9.17) is 11.6 Å². The van der Waals surface area contributed by atoms with E-state index < -0.39 is 39.5 Å². The number of aliphatic hydroxyl groups excluding tert-OH is 1. The molecule has 0 atom stereocenters. The molecule has 0 bridgehead atoms. The van der Waals surface area contributed by atoms with Crippen LogP contribution in [0, 0.1) is 23.5 Å². The number of aliphatic hydroxyl groups is 1. The molecule has 0 aliphatic carbocycles. The maximum Gasteiger partial charge on any atom is 0.323 e. The minimum Gasteiger partial charge on any atom is -0.502 e. The van der Waals surface area contributed by atoms with E-state index in [0.717, 1.165) is 18.3 Å². The van der Waals surface area contributed by atoms with Crippen molar-refractivity contribution in [1.82, 2.24) is 10.3 Å². The Hall–Kier alpha value is -2.74. The fourth-order valence-corrected chi connectivity index (χ4v) is 2.41. The minimum absolute atomic E-state index is 0.208. The summed E-state index contributed by atoms with van der Waals surface area (Å²) >= 11 is 5.77. The average molecular weight is 357 g/mol. The smallest absolute Gasteiger partial charge is 0.323 e. The summed E-state index contributed by atoms with van der Waals surface area (Å²) in [4.78, 5) is 26.8. The van der Waals surface area contributed by atoms with Gasteiger partial charge in [0.2, 0.25) is 12.0 Å². The van der Waals surface area contributed by atoms with E-state index in [1.54, 1.807) is 0 Å². The van der Waals surface area contributed by atoms with Crippen molar-refractivity contribution in [3.8, 4) is 0 Å². The summed E-state index contributed by atoms with van der Waals surface area (Å²) in [5.41, 5.74) is -1.42. The van der Waals surface area contributed by atoms with E-state index in [-0.39, 0.29) is 15.8 Å². The van der Waals surface area contributed by atoms with Gasteiger partial charge in [0.1, 0.15) is 17.2 Å². The van der Waals surface area contributed by atoms with Crippen LogP contribution in [0.4, 0.5) is 8.78 Å². The van der Waals surface area contributed by atoms with Gasteiger partial charge in [0.05, 0.1) is 21.3 Å². The number of nitrogens with one attached hydrogen (secondary N) is 2. The number of carbonyl (C=O) groups excluding carboxylic acids is 1. The highest BCUT2D eigenvalue weighted by atomic mass is 35.5. The third kappa shape index (κ3) is 3.00. The monoisotopic (exact) mass is 356 g/mol. The first-order valence-electron chi connectivity index (χ1n) is 6.69. The molecular formula is C15H13ClF2N3O3+. The topological polar surface area (TPSA) is 88.1 Å². The zero-order valence-corrected chi connectivity index (χ0v) is 13.4. The standard InChI is InChI=1S/C15H12ClF2N3O3/c1-7-13(21(24)6-5-20-7)14(22)11(15(23)19-2)10-8(17)3-4-9(18)12(10)16/h3-6H,1-2H3,(H2-,19,20,22,23,24)/p+1. The average Bonchev–Trinajstić information content (AvgIpc) is 2.54. The lowest BCUT2D eigenvalue weighted by molar-refractivity contribution is -0.500. The van der Waals surface area contributed by atoms with Gasteiger partial charge in [0.25, 0.3) is 5.91 Å². The molecule has 9 heteroatoms. The molecule has 1 aromatic carbocycles. The molecule has 0 saturated heterocycles. The Morgan fingerprint density at radius 2 is 1.96 bits per heavy atom. The van der Waals surface area contributed by atoms with E-state index in [9.17, 15) is 23.6 Å². The maximum atomic E-state index is 14.2.